The van der Waals surface area contributed by atoms with Crippen LogP contribution in [0.25, 0.3) is 22.3 Å². The molecule has 4 rings (SSSR count). The summed E-state index contributed by atoms with van der Waals surface area (Å²) < 4.78 is 3.65. The Hall–Kier alpha value is -3.08. The van der Waals surface area contributed by atoms with Crippen LogP contribution < -0.4 is 11.5 Å². The lowest BCUT2D eigenvalue weighted by atomic mass is 10.5. The summed E-state index contributed by atoms with van der Waals surface area (Å²) in [5, 5.41) is 0. The molecule has 5 N–H and O–H groups in total. The molecule has 0 radical (unpaired) electrons. The fourth-order valence-electron chi connectivity index (χ4n) is 2.09. The standard InChI is InChI=1S/C10H8N10S/c11-6-4-7(14-1-13-6)19(2-15-4)20-3-16-5-8(20)17-10(12)18-9(5)21/h1-3H,(H2,11,13,14)(H3,12,17,18,21). The third-order valence-corrected chi connectivity index (χ3v) is 3.28. The molecule has 0 aliphatic heterocycles. The lowest BCUT2D eigenvalue weighted by Crippen LogP contribution is -2.09. The molecular weight excluding hydrogens is 292 g/mol. The number of hydrogen-bond acceptors (Lipinski definition) is 8. The summed E-state index contributed by atoms with van der Waals surface area (Å²) in [4.78, 5) is 23.4. The Labute approximate surface area is 121 Å². The van der Waals surface area contributed by atoms with Gasteiger partial charge in [0.1, 0.15) is 24.5 Å². The predicted molar refractivity (Wildman–Crippen MR) is 77.7 cm³/mol. The predicted octanol–water partition coefficient (Wildman–Crippen LogP) is 0.104. The van der Waals surface area contributed by atoms with Crippen LogP contribution >= 0.6 is 12.2 Å². The fraction of sp³-hybridized carbons (Fsp3) is 0. The van der Waals surface area contributed by atoms with Crippen LogP contribution in [-0.2, 0) is 0 Å². The summed E-state index contributed by atoms with van der Waals surface area (Å²) >= 11 is 5.14. The van der Waals surface area contributed by atoms with Gasteiger partial charge < -0.3 is 16.5 Å². The number of hydrogen-bond donors (Lipinski definition) is 3. The van der Waals surface area contributed by atoms with Crippen LogP contribution in [-0.4, -0.2) is 39.3 Å². The van der Waals surface area contributed by atoms with E-state index in [0.29, 0.717) is 32.8 Å². The van der Waals surface area contributed by atoms with Crippen LogP contribution in [0.4, 0.5) is 11.8 Å². The Morgan fingerprint density at radius 1 is 1.00 bits per heavy atom. The highest BCUT2D eigenvalue weighted by atomic mass is 32.1. The molecule has 0 unspecified atom stereocenters. The number of nitrogens with two attached hydrogens (primary N) is 2. The Balaban J connectivity index is 2.10. The molecule has 0 aromatic carbocycles. The monoisotopic (exact) mass is 300 g/mol. The minimum absolute atomic E-state index is 0.202. The van der Waals surface area contributed by atoms with E-state index in [1.807, 2.05) is 0 Å². The number of imidazole rings is 2. The lowest BCUT2D eigenvalue weighted by molar-refractivity contribution is 0.687. The molecule has 0 saturated carbocycles. The molecule has 21 heavy (non-hydrogen) atoms. The van der Waals surface area contributed by atoms with Gasteiger partial charge in [-0.15, -0.1) is 0 Å². The highest BCUT2D eigenvalue weighted by Crippen LogP contribution is 2.18. The van der Waals surface area contributed by atoms with Crippen LogP contribution in [0.3, 0.4) is 0 Å². The van der Waals surface area contributed by atoms with E-state index in [1.54, 1.807) is 22.0 Å². The second-order valence-corrected chi connectivity index (χ2v) is 4.62. The number of aromatic nitrogens is 8. The average Bonchev–Trinajstić information content (AvgIpc) is 3.03. The maximum atomic E-state index is 5.78. The third-order valence-electron chi connectivity index (χ3n) is 3.00. The summed E-state index contributed by atoms with van der Waals surface area (Å²) in [5.41, 5.74) is 13.6. The van der Waals surface area contributed by atoms with Crippen molar-refractivity contribution in [3.8, 4) is 0 Å². The molecule has 104 valence electrons. The van der Waals surface area contributed by atoms with E-state index in [9.17, 15) is 0 Å². The highest BCUT2D eigenvalue weighted by Gasteiger charge is 2.13. The first-order valence-corrected chi connectivity index (χ1v) is 6.23. The first-order chi connectivity index (χ1) is 10.1. The minimum Gasteiger partial charge on any atom is -0.382 e. The first-order valence-electron chi connectivity index (χ1n) is 5.82. The van der Waals surface area contributed by atoms with Crippen LogP contribution in [0.2, 0.25) is 0 Å². The molecule has 10 nitrogen and oxygen atoms in total. The number of nitrogen functional groups attached to an aromatic ring is 2. The second kappa shape index (κ2) is 3.96. The minimum atomic E-state index is 0.202. The second-order valence-electron chi connectivity index (χ2n) is 4.23. The van der Waals surface area contributed by atoms with Crippen molar-refractivity contribution in [2.24, 2.45) is 0 Å². The van der Waals surface area contributed by atoms with E-state index in [4.69, 9.17) is 23.7 Å². The summed E-state index contributed by atoms with van der Waals surface area (Å²) in [7, 11) is 0. The quantitative estimate of drug-likeness (QED) is 0.420. The Kier molecular flexibility index (Phi) is 2.21. The Morgan fingerprint density at radius 3 is 2.62 bits per heavy atom. The number of anilines is 2. The van der Waals surface area contributed by atoms with Gasteiger partial charge in [0.2, 0.25) is 5.95 Å². The van der Waals surface area contributed by atoms with Gasteiger partial charge in [-0.1, -0.05) is 12.2 Å². The normalized spacial score (nSPS) is 11.4. The molecule has 4 heterocycles. The van der Waals surface area contributed by atoms with Crippen molar-refractivity contribution in [2.45, 2.75) is 0 Å². The largest absolute Gasteiger partial charge is 0.382 e. The highest BCUT2D eigenvalue weighted by molar-refractivity contribution is 7.71. The fourth-order valence-corrected chi connectivity index (χ4v) is 2.33. The van der Waals surface area contributed by atoms with E-state index in [0.717, 1.165) is 0 Å². The van der Waals surface area contributed by atoms with Crippen molar-refractivity contribution >= 4 is 46.3 Å². The van der Waals surface area contributed by atoms with Gasteiger partial charge in [0.25, 0.3) is 0 Å². The number of fused-ring (bicyclic) bond motifs is 2. The van der Waals surface area contributed by atoms with E-state index < -0.39 is 0 Å². The summed E-state index contributed by atoms with van der Waals surface area (Å²) in [6.45, 7) is 0. The Bertz CT molecular complexity index is 1040. The van der Waals surface area contributed by atoms with Crippen LogP contribution in [0.1, 0.15) is 0 Å². The van der Waals surface area contributed by atoms with Gasteiger partial charge in [0.05, 0.1) is 0 Å². The zero-order valence-electron chi connectivity index (χ0n) is 10.4. The molecule has 0 aliphatic carbocycles. The van der Waals surface area contributed by atoms with Crippen molar-refractivity contribution in [3.63, 3.8) is 0 Å². The molecule has 4 aromatic rings. The van der Waals surface area contributed by atoms with E-state index >= 15 is 0 Å². The summed E-state index contributed by atoms with van der Waals surface area (Å²) in [6.07, 6.45) is 4.49. The number of nitrogens with one attached hydrogen (secondary N) is 1. The van der Waals surface area contributed by atoms with Crippen LogP contribution in [0, 0.1) is 4.64 Å². The molecule has 0 atom stereocenters. The number of aromatic amines is 1. The molecule has 0 bridgehead atoms. The van der Waals surface area contributed by atoms with Crippen LogP contribution in [0.15, 0.2) is 19.0 Å². The lowest BCUT2D eigenvalue weighted by Gasteiger charge is -2.05. The van der Waals surface area contributed by atoms with Gasteiger partial charge in [0.15, 0.2) is 27.3 Å². The molecule has 0 spiro atoms. The van der Waals surface area contributed by atoms with Crippen molar-refractivity contribution in [1.82, 2.24) is 39.3 Å². The van der Waals surface area contributed by atoms with Gasteiger partial charge in [-0.05, 0) is 0 Å². The van der Waals surface area contributed by atoms with Crippen LogP contribution in [0.5, 0.6) is 0 Å². The molecular formula is C10H8N10S. The van der Waals surface area contributed by atoms with Crippen molar-refractivity contribution < 1.29 is 0 Å². The first kappa shape index (κ1) is 11.7. The van der Waals surface area contributed by atoms with Crippen molar-refractivity contribution in [1.29, 1.82) is 0 Å². The third kappa shape index (κ3) is 1.57. The molecule has 0 aliphatic rings. The smallest absolute Gasteiger partial charge is 0.200 e. The zero-order valence-corrected chi connectivity index (χ0v) is 11.2. The average molecular weight is 300 g/mol. The molecule has 0 fully saturated rings. The summed E-state index contributed by atoms with van der Waals surface area (Å²) in [6, 6.07) is 0. The maximum Gasteiger partial charge on any atom is 0.200 e. The van der Waals surface area contributed by atoms with Gasteiger partial charge in [-0.25, -0.2) is 34.3 Å². The number of rotatable bonds is 1. The summed E-state index contributed by atoms with van der Waals surface area (Å²) in [5.74, 6) is 0.505. The van der Waals surface area contributed by atoms with E-state index in [-0.39, 0.29) is 5.95 Å². The van der Waals surface area contributed by atoms with Gasteiger partial charge in [-0.3, -0.25) is 0 Å². The number of H-pyrrole nitrogens is 1. The van der Waals surface area contributed by atoms with Gasteiger partial charge in [-0.2, -0.15) is 0 Å². The topological polar surface area (TPSA) is 142 Å². The van der Waals surface area contributed by atoms with Crippen molar-refractivity contribution in [3.05, 3.63) is 23.6 Å². The molecule has 0 amide bonds. The van der Waals surface area contributed by atoms with Gasteiger partial charge in [0, 0.05) is 0 Å². The molecule has 11 heteroatoms. The van der Waals surface area contributed by atoms with Gasteiger partial charge >= 0.3 is 0 Å². The molecule has 0 saturated heterocycles. The van der Waals surface area contributed by atoms with E-state index in [1.165, 1.54) is 6.33 Å². The SMILES string of the molecule is Nc1nc(=S)c2ncn(-n3cnc4c(N)ncnc43)c2[nH]1. The zero-order chi connectivity index (χ0) is 14.6. The number of nitrogens with zero attached hydrogens (tertiary/aromatic N) is 7. The molecule has 4 aromatic heterocycles. The van der Waals surface area contributed by atoms with Crippen molar-refractivity contribution in [2.75, 3.05) is 11.5 Å². The maximum absolute atomic E-state index is 5.78. The Morgan fingerprint density at radius 2 is 1.76 bits per heavy atom. The van der Waals surface area contributed by atoms with E-state index in [2.05, 4.69) is 29.9 Å².